The van der Waals surface area contributed by atoms with E-state index in [0.717, 1.165) is 32.0 Å². The third-order valence-corrected chi connectivity index (χ3v) is 8.51. The van der Waals surface area contributed by atoms with Gasteiger partial charge in [-0.1, -0.05) is 0 Å². The maximum atomic E-state index is 15.4. The number of nitrogens with zero attached hydrogens (tertiary/aromatic N) is 2. The van der Waals surface area contributed by atoms with Crippen molar-refractivity contribution >= 4 is 34.8 Å². The summed E-state index contributed by atoms with van der Waals surface area (Å²) in [6.07, 6.45) is 1.56. The van der Waals surface area contributed by atoms with Crippen molar-refractivity contribution in [3.8, 4) is 5.75 Å². The molecule has 214 valence electrons. The summed E-state index contributed by atoms with van der Waals surface area (Å²) in [5, 5.41) is 47.2. The van der Waals surface area contributed by atoms with Gasteiger partial charge in [-0.25, -0.2) is 4.39 Å². The highest BCUT2D eigenvalue weighted by Crippen LogP contribution is 2.53. The van der Waals surface area contributed by atoms with Crippen molar-refractivity contribution in [2.45, 2.75) is 37.3 Å². The zero-order valence-corrected chi connectivity index (χ0v) is 22.0. The lowest BCUT2D eigenvalue weighted by atomic mass is 9.57. The summed E-state index contributed by atoms with van der Waals surface area (Å²) >= 11 is 0. The molecule has 7 N–H and O–H groups in total. The van der Waals surface area contributed by atoms with Crippen LogP contribution in [0.3, 0.4) is 0 Å². The minimum absolute atomic E-state index is 0.0275. The summed E-state index contributed by atoms with van der Waals surface area (Å²) in [4.78, 5) is 54.8. The number of hydrogen-bond donors (Lipinski definition) is 6. The highest BCUT2D eigenvalue weighted by molar-refractivity contribution is 6.24. The molecule has 0 radical (unpaired) electrons. The second kappa shape index (κ2) is 9.68. The van der Waals surface area contributed by atoms with Gasteiger partial charge in [0.2, 0.25) is 11.7 Å². The molecule has 1 heterocycles. The third-order valence-electron chi connectivity index (χ3n) is 8.51. The monoisotopic (exact) mass is 558 g/mol. The van der Waals surface area contributed by atoms with E-state index in [-0.39, 0.29) is 30.6 Å². The fourth-order valence-electron chi connectivity index (χ4n) is 6.69. The molecule has 1 aromatic carbocycles. The van der Waals surface area contributed by atoms with E-state index in [0.29, 0.717) is 0 Å². The standard InChI is InChI=1S/C27H31FN4O8/c1-31(2)20-13-8-11-7-12-14(28)9-15(30-16(33)10-32-5-3-4-6-32)21(34)18(12)22(35)17(11)24(37)27(13,40)25(38)19(23(20)36)26(29)39/h9,11,13,20,34-35,38,40H,3-8,10H2,1-2H3,(H2,29,39)(H,30,33)/t11-,13-,20+,27+/m1/s1. The highest BCUT2D eigenvalue weighted by Gasteiger charge is 2.64. The number of carbonyl (C=O) groups excluding carboxylic acids is 4. The van der Waals surface area contributed by atoms with Gasteiger partial charge in [0, 0.05) is 23.1 Å². The zero-order valence-electron chi connectivity index (χ0n) is 22.0. The molecular formula is C27H31FN4O8. The van der Waals surface area contributed by atoms with Gasteiger partial charge in [-0.15, -0.1) is 0 Å². The number of Topliss-reactive ketones (excluding diaryl/α,β-unsaturated/α-hetero) is 2. The minimum Gasteiger partial charge on any atom is -0.508 e. The third kappa shape index (κ3) is 3.99. The van der Waals surface area contributed by atoms with Crippen LogP contribution >= 0.6 is 0 Å². The molecule has 13 heteroatoms. The number of aromatic hydroxyl groups is 1. The second-order valence-corrected chi connectivity index (χ2v) is 11.1. The van der Waals surface area contributed by atoms with Gasteiger partial charge in [-0.2, -0.15) is 0 Å². The Morgan fingerprint density at radius 1 is 1.20 bits per heavy atom. The molecule has 40 heavy (non-hydrogen) atoms. The first-order chi connectivity index (χ1) is 18.8. The van der Waals surface area contributed by atoms with E-state index in [1.807, 2.05) is 4.90 Å². The van der Waals surface area contributed by atoms with E-state index in [1.54, 1.807) is 0 Å². The molecule has 3 aliphatic carbocycles. The van der Waals surface area contributed by atoms with Crippen LogP contribution in [0.25, 0.3) is 5.76 Å². The number of phenols is 1. The molecular weight excluding hydrogens is 527 g/mol. The van der Waals surface area contributed by atoms with Crippen molar-refractivity contribution in [3.05, 3.63) is 39.9 Å². The summed E-state index contributed by atoms with van der Waals surface area (Å²) in [5.41, 5.74) is 0.362. The number of benzene rings is 1. The summed E-state index contributed by atoms with van der Waals surface area (Å²) in [7, 11) is 2.98. The lowest BCUT2D eigenvalue weighted by molar-refractivity contribution is -0.153. The Bertz CT molecular complexity index is 1410. The average molecular weight is 559 g/mol. The number of primary amides is 1. The van der Waals surface area contributed by atoms with Gasteiger partial charge in [0.15, 0.2) is 17.1 Å². The van der Waals surface area contributed by atoms with Crippen LogP contribution in [0.4, 0.5) is 10.1 Å². The highest BCUT2D eigenvalue weighted by atomic mass is 19.1. The number of likely N-dealkylation sites (N-methyl/N-ethyl adjacent to an activating group) is 1. The first kappa shape index (κ1) is 27.7. The molecule has 0 spiro atoms. The van der Waals surface area contributed by atoms with Crippen LogP contribution in [-0.4, -0.2) is 99.0 Å². The number of aliphatic hydroxyl groups excluding tert-OH is 2. The number of nitrogens with two attached hydrogens (primary N) is 1. The number of phenolic OH excluding ortho intramolecular Hbond substituents is 1. The number of nitrogens with one attached hydrogen (secondary N) is 1. The van der Waals surface area contributed by atoms with Crippen LogP contribution in [0.5, 0.6) is 5.75 Å². The number of fused-ring (bicyclic) bond motifs is 3. The van der Waals surface area contributed by atoms with E-state index >= 15 is 4.39 Å². The molecule has 1 saturated carbocycles. The smallest absolute Gasteiger partial charge is 0.255 e. The first-order valence-corrected chi connectivity index (χ1v) is 13.0. The van der Waals surface area contributed by atoms with Crippen molar-refractivity contribution in [2.24, 2.45) is 17.6 Å². The number of halogens is 1. The molecule has 1 aliphatic heterocycles. The van der Waals surface area contributed by atoms with Crippen LogP contribution in [0.1, 0.15) is 30.4 Å². The normalized spacial score (nSPS) is 28.5. The lowest BCUT2D eigenvalue weighted by Gasteiger charge is -2.50. The summed E-state index contributed by atoms with van der Waals surface area (Å²) in [6.45, 7) is 1.49. The summed E-state index contributed by atoms with van der Waals surface area (Å²) in [5.74, 6) is -9.61. The molecule has 2 fully saturated rings. The quantitative estimate of drug-likeness (QED) is 0.214. The molecule has 4 atom stereocenters. The van der Waals surface area contributed by atoms with E-state index in [9.17, 15) is 39.6 Å². The summed E-state index contributed by atoms with van der Waals surface area (Å²) in [6, 6.07) is -0.292. The van der Waals surface area contributed by atoms with Crippen LogP contribution < -0.4 is 11.1 Å². The molecule has 2 amide bonds. The predicted molar refractivity (Wildman–Crippen MR) is 139 cm³/mol. The average Bonchev–Trinajstić information content (AvgIpc) is 3.37. The number of carbonyl (C=O) groups is 4. The van der Waals surface area contributed by atoms with Crippen molar-refractivity contribution in [2.75, 3.05) is 39.0 Å². The maximum Gasteiger partial charge on any atom is 0.255 e. The molecule has 0 aromatic heterocycles. The Labute approximate surface area is 228 Å². The number of amides is 2. The van der Waals surface area contributed by atoms with Crippen LogP contribution in [0.2, 0.25) is 0 Å². The van der Waals surface area contributed by atoms with Gasteiger partial charge in [-0.3, -0.25) is 29.0 Å². The minimum atomic E-state index is -2.79. The molecule has 0 unspecified atom stereocenters. The van der Waals surface area contributed by atoms with Gasteiger partial charge in [-0.05, 0) is 58.8 Å². The zero-order chi connectivity index (χ0) is 29.3. The van der Waals surface area contributed by atoms with Crippen LogP contribution in [-0.2, 0) is 25.6 Å². The van der Waals surface area contributed by atoms with E-state index in [2.05, 4.69) is 5.32 Å². The van der Waals surface area contributed by atoms with Crippen molar-refractivity contribution in [3.63, 3.8) is 0 Å². The Balaban J connectivity index is 1.60. The topological polar surface area (TPSA) is 194 Å². The number of hydrogen-bond acceptors (Lipinski definition) is 10. The van der Waals surface area contributed by atoms with Crippen molar-refractivity contribution in [1.82, 2.24) is 9.80 Å². The number of rotatable bonds is 5. The maximum absolute atomic E-state index is 15.4. The molecule has 4 aliphatic rings. The second-order valence-electron chi connectivity index (χ2n) is 11.1. The van der Waals surface area contributed by atoms with Crippen LogP contribution in [0, 0.1) is 17.7 Å². The predicted octanol–water partition coefficient (Wildman–Crippen LogP) is 0.137. The van der Waals surface area contributed by atoms with Crippen molar-refractivity contribution in [1.29, 1.82) is 0 Å². The Morgan fingerprint density at radius 2 is 1.85 bits per heavy atom. The first-order valence-electron chi connectivity index (χ1n) is 13.0. The molecule has 1 saturated heterocycles. The van der Waals surface area contributed by atoms with E-state index in [4.69, 9.17) is 5.73 Å². The molecule has 5 rings (SSSR count). The fraction of sp³-hybridized carbons (Fsp3) is 0.481. The van der Waals surface area contributed by atoms with E-state index < -0.39 is 86.7 Å². The Hall–Kier alpha value is -3.81. The fourth-order valence-corrected chi connectivity index (χ4v) is 6.69. The summed E-state index contributed by atoms with van der Waals surface area (Å²) < 4.78 is 15.4. The Morgan fingerprint density at radius 3 is 2.45 bits per heavy atom. The number of likely N-dealkylation sites (tertiary alicyclic amines) is 1. The van der Waals surface area contributed by atoms with Gasteiger partial charge < -0.3 is 31.5 Å². The molecule has 0 bridgehead atoms. The number of ketones is 2. The molecule has 12 nitrogen and oxygen atoms in total. The van der Waals surface area contributed by atoms with Gasteiger partial charge in [0.25, 0.3) is 5.91 Å². The largest absolute Gasteiger partial charge is 0.508 e. The van der Waals surface area contributed by atoms with Crippen LogP contribution in [0.15, 0.2) is 23.0 Å². The SMILES string of the molecule is CN(C)[C@@H]1C(=O)C(C(N)=O)=C(O)[C@@]2(O)C(=O)C3=C(O)c4c(O)c(NC(=O)CN5CCCC5)cc(F)c4C[C@@H]3C[C@H]12. The van der Waals surface area contributed by atoms with Gasteiger partial charge >= 0.3 is 0 Å². The molecule has 1 aromatic rings. The van der Waals surface area contributed by atoms with E-state index in [1.165, 1.54) is 19.0 Å². The number of anilines is 1. The van der Waals surface area contributed by atoms with Crippen molar-refractivity contribution < 1.29 is 44.0 Å². The Kier molecular flexibility index (Phi) is 6.71. The number of aliphatic hydroxyl groups is 3. The van der Waals surface area contributed by atoms with Gasteiger partial charge in [0.1, 0.15) is 22.9 Å². The lowest BCUT2D eigenvalue weighted by Crippen LogP contribution is -2.65. The van der Waals surface area contributed by atoms with Gasteiger partial charge in [0.05, 0.1) is 23.8 Å².